The van der Waals surface area contributed by atoms with E-state index >= 15 is 0 Å². The molecule has 1 saturated heterocycles. The Bertz CT molecular complexity index is 539. The summed E-state index contributed by atoms with van der Waals surface area (Å²) in [6.45, 7) is 4.57. The van der Waals surface area contributed by atoms with Crippen LogP contribution in [0.15, 0.2) is 24.3 Å². The minimum atomic E-state index is -0.321. The first-order valence-electron chi connectivity index (χ1n) is 8.57. The molecular formula is C18H27N3O3. The number of piperidine rings is 1. The highest BCUT2D eigenvalue weighted by atomic mass is 16.5. The first kappa shape index (κ1) is 18.3. The second-order valence-electron chi connectivity index (χ2n) is 6.12. The number of amides is 1. The van der Waals surface area contributed by atoms with Gasteiger partial charge in [0, 0.05) is 24.5 Å². The number of nitrogens with one attached hydrogen (secondary N) is 1. The third-order valence-electron chi connectivity index (χ3n) is 3.99. The molecule has 1 aromatic carbocycles. The van der Waals surface area contributed by atoms with Crippen LogP contribution in [-0.2, 0) is 14.3 Å². The normalized spacial score (nSPS) is 14.5. The number of ether oxygens (including phenoxy) is 1. The molecule has 2 rings (SSSR count). The Morgan fingerprint density at radius 2 is 1.79 bits per heavy atom. The van der Waals surface area contributed by atoms with Crippen LogP contribution in [0.25, 0.3) is 0 Å². The lowest BCUT2D eigenvalue weighted by Gasteiger charge is -2.28. The minimum Gasteiger partial charge on any atom is -0.465 e. The molecule has 0 aromatic heterocycles. The smallest absolute Gasteiger partial charge is 0.320 e. The Morgan fingerprint density at radius 1 is 1.12 bits per heavy atom. The summed E-state index contributed by atoms with van der Waals surface area (Å²) in [4.78, 5) is 27.4. The molecule has 1 amide bonds. The number of benzene rings is 1. The quantitative estimate of drug-likeness (QED) is 0.775. The lowest BCUT2D eigenvalue weighted by atomic mass is 10.1. The summed E-state index contributed by atoms with van der Waals surface area (Å²) in [5.74, 6) is -0.466. The van der Waals surface area contributed by atoms with Crippen molar-refractivity contribution in [1.82, 2.24) is 4.90 Å². The van der Waals surface area contributed by atoms with E-state index in [2.05, 4.69) is 10.2 Å². The number of likely N-dealkylation sites (N-methyl/N-ethyl adjacent to an activating group) is 1. The van der Waals surface area contributed by atoms with Crippen molar-refractivity contribution < 1.29 is 14.3 Å². The summed E-state index contributed by atoms with van der Waals surface area (Å²) < 4.78 is 4.87. The molecule has 6 nitrogen and oxygen atoms in total. The van der Waals surface area contributed by atoms with Crippen LogP contribution in [0.5, 0.6) is 0 Å². The van der Waals surface area contributed by atoms with Gasteiger partial charge in [0.25, 0.3) is 0 Å². The highest BCUT2D eigenvalue weighted by Crippen LogP contribution is 2.21. The van der Waals surface area contributed by atoms with Crippen molar-refractivity contribution >= 4 is 23.3 Å². The van der Waals surface area contributed by atoms with E-state index in [-0.39, 0.29) is 25.0 Å². The van der Waals surface area contributed by atoms with E-state index < -0.39 is 0 Å². The van der Waals surface area contributed by atoms with Gasteiger partial charge in [-0.2, -0.15) is 0 Å². The molecule has 1 N–H and O–H groups in total. The molecule has 1 fully saturated rings. The fourth-order valence-electron chi connectivity index (χ4n) is 2.84. The van der Waals surface area contributed by atoms with E-state index in [0.29, 0.717) is 6.61 Å². The van der Waals surface area contributed by atoms with Gasteiger partial charge in [-0.15, -0.1) is 0 Å². The summed E-state index contributed by atoms with van der Waals surface area (Å²) >= 11 is 0. The Kier molecular flexibility index (Phi) is 7.06. The zero-order chi connectivity index (χ0) is 17.4. The lowest BCUT2D eigenvalue weighted by Crippen LogP contribution is -2.34. The summed E-state index contributed by atoms with van der Waals surface area (Å²) in [6, 6.07) is 7.94. The lowest BCUT2D eigenvalue weighted by molar-refractivity contribution is -0.144. The summed E-state index contributed by atoms with van der Waals surface area (Å²) in [5, 5.41) is 2.86. The van der Waals surface area contributed by atoms with Crippen LogP contribution in [0.4, 0.5) is 11.4 Å². The number of carbonyl (C=O) groups is 2. The van der Waals surface area contributed by atoms with Gasteiger partial charge in [-0.3, -0.25) is 14.5 Å². The molecule has 0 radical (unpaired) electrons. The van der Waals surface area contributed by atoms with Gasteiger partial charge in [0.15, 0.2) is 0 Å². The molecule has 6 heteroatoms. The molecule has 24 heavy (non-hydrogen) atoms. The number of anilines is 2. The van der Waals surface area contributed by atoms with Gasteiger partial charge in [0.2, 0.25) is 5.91 Å². The summed E-state index contributed by atoms with van der Waals surface area (Å²) in [7, 11) is 1.72. The van der Waals surface area contributed by atoms with Crippen molar-refractivity contribution in [3.05, 3.63) is 24.3 Å². The standard InChI is InChI=1S/C18H27N3O3/c1-3-24-18(23)14-20(2)13-17(22)19-15-7-9-16(10-8-15)21-11-5-4-6-12-21/h7-10H,3-6,11-14H2,1-2H3,(H,19,22). The Hall–Kier alpha value is -2.08. The van der Waals surface area contributed by atoms with Crippen LogP contribution >= 0.6 is 0 Å². The Morgan fingerprint density at radius 3 is 2.42 bits per heavy atom. The Labute approximate surface area is 143 Å². The number of hydrogen-bond acceptors (Lipinski definition) is 5. The molecule has 1 heterocycles. The van der Waals surface area contributed by atoms with Gasteiger partial charge >= 0.3 is 5.97 Å². The fraction of sp³-hybridized carbons (Fsp3) is 0.556. The van der Waals surface area contributed by atoms with E-state index in [1.165, 1.54) is 24.9 Å². The second-order valence-corrected chi connectivity index (χ2v) is 6.12. The topological polar surface area (TPSA) is 61.9 Å². The number of hydrogen-bond donors (Lipinski definition) is 1. The van der Waals surface area contributed by atoms with Gasteiger partial charge in [0.05, 0.1) is 19.7 Å². The zero-order valence-electron chi connectivity index (χ0n) is 14.6. The molecule has 0 saturated carbocycles. The largest absolute Gasteiger partial charge is 0.465 e. The summed E-state index contributed by atoms with van der Waals surface area (Å²) in [5.41, 5.74) is 1.97. The van der Waals surface area contributed by atoms with E-state index in [9.17, 15) is 9.59 Å². The second kappa shape index (κ2) is 9.27. The average Bonchev–Trinajstić information content (AvgIpc) is 2.56. The van der Waals surface area contributed by atoms with Crippen LogP contribution in [-0.4, -0.2) is 56.6 Å². The van der Waals surface area contributed by atoms with E-state index in [4.69, 9.17) is 4.74 Å². The van der Waals surface area contributed by atoms with E-state index in [1.807, 2.05) is 24.3 Å². The monoisotopic (exact) mass is 333 g/mol. The molecule has 0 spiro atoms. The van der Waals surface area contributed by atoms with Gasteiger partial charge in [-0.05, 0) is 57.5 Å². The maximum Gasteiger partial charge on any atom is 0.320 e. The van der Waals surface area contributed by atoms with Crippen LogP contribution < -0.4 is 10.2 Å². The van der Waals surface area contributed by atoms with Gasteiger partial charge < -0.3 is 15.0 Å². The fourth-order valence-corrected chi connectivity index (χ4v) is 2.84. The van der Waals surface area contributed by atoms with Crippen molar-refractivity contribution in [3.63, 3.8) is 0 Å². The van der Waals surface area contributed by atoms with E-state index in [0.717, 1.165) is 18.8 Å². The predicted octanol–water partition coefficient (Wildman–Crippen LogP) is 2.11. The SMILES string of the molecule is CCOC(=O)CN(C)CC(=O)Nc1ccc(N2CCCCC2)cc1. The first-order chi connectivity index (χ1) is 11.6. The molecule has 1 aliphatic rings. The van der Waals surface area contributed by atoms with Crippen molar-refractivity contribution in [3.8, 4) is 0 Å². The third kappa shape index (κ3) is 5.85. The van der Waals surface area contributed by atoms with Crippen molar-refractivity contribution in [1.29, 1.82) is 0 Å². The average molecular weight is 333 g/mol. The molecule has 1 aromatic rings. The maximum atomic E-state index is 12.0. The molecular weight excluding hydrogens is 306 g/mol. The molecule has 132 valence electrons. The zero-order valence-corrected chi connectivity index (χ0v) is 14.6. The molecule has 0 unspecified atom stereocenters. The number of nitrogens with zero attached hydrogens (tertiary/aromatic N) is 2. The molecule has 0 atom stereocenters. The number of carbonyl (C=O) groups excluding carboxylic acids is 2. The van der Waals surface area contributed by atoms with Gasteiger partial charge in [0.1, 0.15) is 0 Å². The third-order valence-corrected chi connectivity index (χ3v) is 3.99. The maximum absolute atomic E-state index is 12.0. The van der Waals surface area contributed by atoms with Gasteiger partial charge in [-0.1, -0.05) is 0 Å². The minimum absolute atomic E-state index is 0.106. The molecule has 0 aliphatic carbocycles. The van der Waals surface area contributed by atoms with Crippen molar-refractivity contribution in [2.24, 2.45) is 0 Å². The summed E-state index contributed by atoms with van der Waals surface area (Å²) in [6.07, 6.45) is 3.79. The van der Waals surface area contributed by atoms with Gasteiger partial charge in [-0.25, -0.2) is 0 Å². The highest BCUT2D eigenvalue weighted by Gasteiger charge is 2.13. The van der Waals surface area contributed by atoms with Crippen LogP contribution in [0.1, 0.15) is 26.2 Å². The molecule has 1 aliphatic heterocycles. The van der Waals surface area contributed by atoms with Crippen molar-refractivity contribution in [2.75, 3.05) is 50.1 Å². The van der Waals surface area contributed by atoms with E-state index in [1.54, 1.807) is 18.9 Å². The van der Waals surface area contributed by atoms with Crippen LogP contribution in [0.3, 0.4) is 0 Å². The van der Waals surface area contributed by atoms with Crippen LogP contribution in [0, 0.1) is 0 Å². The molecule has 0 bridgehead atoms. The van der Waals surface area contributed by atoms with Crippen molar-refractivity contribution in [2.45, 2.75) is 26.2 Å². The first-order valence-corrected chi connectivity index (χ1v) is 8.57. The van der Waals surface area contributed by atoms with Crippen LogP contribution in [0.2, 0.25) is 0 Å². The Balaban J connectivity index is 1.80. The predicted molar refractivity (Wildman–Crippen MR) is 95.3 cm³/mol. The highest BCUT2D eigenvalue weighted by molar-refractivity contribution is 5.92. The number of rotatable bonds is 7. The number of esters is 1.